The van der Waals surface area contributed by atoms with E-state index < -0.39 is 58.2 Å². The Morgan fingerprint density at radius 2 is 0.766 bits per heavy atom. The van der Waals surface area contributed by atoms with Crippen LogP contribution in [0.1, 0.15) is 147 Å². The average molecular weight is 2400 g/mol. The molecule has 0 unspecified atom stereocenters. The number of aryl methyl sites for hydroxylation is 2. The lowest BCUT2D eigenvalue weighted by atomic mass is 10.1. The van der Waals surface area contributed by atoms with Crippen molar-refractivity contribution in [3.63, 3.8) is 0 Å². The van der Waals surface area contributed by atoms with Crippen LogP contribution in [0.4, 0.5) is 55.1 Å². The van der Waals surface area contributed by atoms with E-state index in [4.69, 9.17) is 63.0 Å². The quantitative estimate of drug-likeness (QED) is 0.0231. The number of thiazole rings is 4. The second kappa shape index (κ2) is 54.5. The van der Waals surface area contributed by atoms with Crippen molar-refractivity contribution in [1.29, 1.82) is 0 Å². The highest BCUT2D eigenvalue weighted by Crippen LogP contribution is 2.44. The smallest absolute Gasteiger partial charge is 0.411 e. The van der Waals surface area contributed by atoms with E-state index in [-0.39, 0.29) is 52.0 Å². The molecule has 4 amide bonds. The van der Waals surface area contributed by atoms with Crippen molar-refractivity contribution >= 4 is 225 Å². The summed E-state index contributed by atoms with van der Waals surface area (Å²) in [5, 5.41) is 4.96. The minimum Gasteiger partial charge on any atom is -0.495 e. The summed E-state index contributed by atoms with van der Waals surface area (Å²) in [4.78, 5) is 82.2. The van der Waals surface area contributed by atoms with Gasteiger partial charge in [0.15, 0.2) is 3.92 Å². The number of hydrogen-bond acceptors (Lipinski definition) is 30. The molecule has 3 aliphatic heterocycles. The number of ether oxygens (including phenoxy) is 7. The highest BCUT2D eigenvalue weighted by atomic mass is 79.9. The molecule has 3 saturated heterocycles. The molecule has 0 saturated carbocycles. The van der Waals surface area contributed by atoms with E-state index in [1.807, 2.05) is 61.5 Å². The van der Waals surface area contributed by atoms with Gasteiger partial charge in [0.05, 0.1) is 121 Å². The van der Waals surface area contributed by atoms with Crippen molar-refractivity contribution < 1.29 is 82.4 Å². The minimum absolute atomic E-state index is 0. The van der Waals surface area contributed by atoms with Crippen molar-refractivity contribution in [3.8, 4) is 81.3 Å². The summed E-state index contributed by atoms with van der Waals surface area (Å²) in [7, 11) is -3.57. The van der Waals surface area contributed by atoms with E-state index in [1.54, 1.807) is 279 Å². The number of carbonyl (C=O) groups excluding carboxylic acids is 5. The standard InChI is InChI=1S/C28H34N4O6S2.C24H28N4O4S2.C15H22N2O3S.C10H9BrN2OS.C8H11NO.C7H8BrNO.C4H7ClO2.C3HBr2NS.CH4/c1-17(2)38-27(34)30-21-12-9-18(14-22(21)37-6)26-29-16-23(39-26)20-11-10-19(32-13-7-8-25(32)33)15-24(20)40(35,36)31-28(3,4)5;1-24(2,3)27-34(30,31)21-13-16(28-11-5-6-22(28)29)8-9-17(21)20-14-26-23(33-20)15-7-10-18(25)19(12-15)32-4;1-11-7-8-12(17-9-5-6-14(17)18)10-13(11)21(19,20)16-15(2,3)4;1-14-8-4-6(2-3-7(8)12)10-13-5-9(11)15-10;1-6-3-4-7(9)8(5-6)10-2;1-10-7-4-5(8)2-3-6(7)9;1-3(2)7-4(5)6;4-2-1-6-3(5)7-2;/h9-12,14-17,31H,7-8,13H2,1-6H3,(H,30,34);7-10,12-14,27H,5-6,11,25H2,1-4H3;7-8,10,16H,5-6,9H2,1-4H3;2-5H,12H2,1H3;3-5H,9H2,1-2H3;2-4H,9H2,1H3;3H,1-2H3;1H;1H4. The Morgan fingerprint density at radius 3 is 1.10 bits per heavy atom. The predicted molar refractivity (Wildman–Crippen MR) is 600 cm³/mol. The van der Waals surface area contributed by atoms with E-state index in [1.165, 1.54) is 29.8 Å². The maximum Gasteiger partial charge on any atom is 0.411 e. The molecule has 0 spiro atoms. The van der Waals surface area contributed by atoms with Gasteiger partial charge in [-0.15, -0.1) is 45.3 Å². The molecular formula is C100H124Br4ClN15O18S7. The Hall–Kier alpha value is -10.4. The minimum atomic E-state index is -3.94. The molecule has 45 heteroatoms. The van der Waals surface area contributed by atoms with Gasteiger partial charge in [0.25, 0.3) is 0 Å². The predicted octanol–water partition coefficient (Wildman–Crippen LogP) is 24.0. The second-order valence-corrected chi connectivity index (χ2v) is 50.0. The van der Waals surface area contributed by atoms with Crippen LogP contribution in [0.2, 0.25) is 0 Å². The first-order valence-electron chi connectivity index (χ1n) is 44.6. The SMILES string of the molecule is Brc1cnc(Br)s1.C.CC(C)OC(=O)Cl.COc1cc(-c2ncc(-c3ccc(N4CCCC4=O)cc3S(=O)(=O)NC(C)(C)C)s2)ccc1N.COc1cc(-c2ncc(-c3ccc(N4CCCC4=O)cc3S(=O)(=O)NC(C)(C)C)s2)ccc1NC(=O)OC(C)C.COc1cc(-c2ncc(Br)s2)ccc1N.COc1cc(Br)ccc1N.COc1cc(C)ccc1N.Cc1ccc(N2CCCC2=O)cc1S(=O)(=O)NC(C)(C)C. The molecule has 0 aliphatic carbocycles. The second-order valence-electron chi connectivity index (χ2n) is 35.7. The number of amides is 4. The van der Waals surface area contributed by atoms with Gasteiger partial charge in [-0.2, -0.15) is 0 Å². The van der Waals surface area contributed by atoms with Gasteiger partial charge < -0.3 is 70.8 Å². The van der Waals surface area contributed by atoms with Gasteiger partial charge in [-0.05, 0) is 303 Å². The molecule has 8 aromatic carbocycles. The highest BCUT2D eigenvalue weighted by Gasteiger charge is 2.34. The summed E-state index contributed by atoms with van der Waals surface area (Å²) in [6.45, 7) is 28.6. The number of halogens is 5. The first-order chi connectivity index (χ1) is 67.4. The van der Waals surface area contributed by atoms with E-state index in [9.17, 15) is 49.2 Å². The van der Waals surface area contributed by atoms with Crippen LogP contribution in [-0.2, 0) is 53.9 Å². The molecule has 4 aromatic heterocycles. The molecule has 12 aromatic rings. The fourth-order valence-corrected chi connectivity index (χ4v) is 24.7. The molecule has 33 nitrogen and oxygen atoms in total. The zero-order chi connectivity index (χ0) is 107. The van der Waals surface area contributed by atoms with Crippen molar-refractivity contribution in [2.24, 2.45) is 0 Å². The van der Waals surface area contributed by atoms with Crippen molar-refractivity contribution in [2.45, 2.75) is 193 Å². The number of hydrogen-bond donors (Lipinski definition) is 8. The first-order valence-corrected chi connectivity index (χ1v) is 55.8. The Kier molecular flexibility index (Phi) is 45.7. The van der Waals surface area contributed by atoms with Crippen LogP contribution in [0.15, 0.2) is 201 Å². The average Bonchev–Trinajstić information content (AvgIpc) is 1.44. The third kappa shape index (κ3) is 37.1. The molecule has 145 heavy (non-hydrogen) atoms. The zero-order valence-corrected chi connectivity index (χ0v) is 96.0. The van der Waals surface area contributed by atoms with Crippen LogP contribution in [-0.4, -0.2) is 158 Å². The molecule has 3 fully saturated rings. The molecule has 15 rings (SSSR count). The Morgan fingerprint density at radius 1 is 0.421 bits per heavy atom. The number of anilines is 8. The molecule has 7 heterocycles. The molecular weight excluding hydrogens is 2280 g/mol. The topological polar surface area (TPSA) is 466 Å². The maximum absolute atomic E-state index is 13.6. The Balaban J connectivity index is 0.000000243. The normalized spacial score (nSPS) is 13.0. The van der Waals surface area contributed by atoms with Gasteiger partial charge in [-0.25, -0.2) is 68.9 Å². The van der Waals surface area contributed by atoms with Crippen molar-refractivity contribution in [1.82, 2.24) is 34.1 Å². The number of rotatable bonds is 22. The van der Waals surface area contributed by atoms with Crippen LogP contribution in [0, 0.1) is 13.8 Å². The van der Waals surface area contributed by atoms with Gasteiger partial charge in [0.1, 0.15) is 43.8 Å². The molecule has 12 N–H and O–H groups in total. The van der Waals surface area contributed by atoms with Crippen LogP contribution < -0.4 is 80.8 Å². The van der Waals surface area contributed by atoms with Crippen molar-refractivity contribution in [2.75, 3.05) is 98.1 Å². The molecule has 0 radical (unpaired) electrons. The number of nitrogens with zero attached hydrogens (tertiary/aromatic N) is 7. The van der Waals surface area contributed by atoms with E-state index in [0.717, 1.165) is 68.2 Å². The Bertz CT molecular complexity index is 6780. The molecule has 784 valence electrons. The van der Waals surface area contributed by atoms with Gasteiger partial charge in [0.2, 0.25) is 47.8 Å². The summed E-state index contributed by atoms with van der Waals surface area (Å²) >= 11 is 23.8. The number of nitrogen functional groups attached to an aromatic ring is 4. The number of carbonyl (C=O) groups is 5. The summed E-state index contributed by atoms with van der Waals surface area (Å²) < 4.78 is 126. The van der Waals surface area contributed by atoms with Crippen molar-refractivity contribution in [3.05, 3.63) is 197 Å². The number of nitrogens with one attached hydrogen (secondary N) is 4. The van der Waals surface area contributed by atoms with E-state index >= 15 is 0 Å². The highest BCUT2D eigenvalue weighted by molar-refractivity contribution is 9.12. The third-order valence-corrected chi connectivity index (χ3v) is 31.5. The first kappa shape index (κ1) is 122. The molecule has 0 atom stereocenters. The largest absolute Gasteiger partial charge is 0.495 e. The number of sulfonamides is 3. The van der Waals surface area contributed by atoms with Gasteiger partial charge in [-0.1, -0.05) is 47.6 Å². The van der Waals surface area contributed by atoms with Crippen LogP contribution in [0.3, 0.4) is 0 Å². The summed E-state index contributed by atoms with van der Waals surface area (Å²) in [6.07, 6.45) is 9.61. The number of benzene rings is 8. The molecule has 0 bridgehead atoms. The van der Waals surface area contributed by atoms with Crippen LogP contribution >= 0.6 is 121 Å². The summed E-state index contributed by atoms with van der Waals surface area (Å²) in [5.74, 6) is 3.12. The van der Waals surface area contributed by atoms with Gasteiger partial charge in [0, 0.05) is 129 Å². The monoisotopic (exact) mass is 2400 g/mol. The van der Waals surface area contributed by atoms with Crippen LogP contribution in [0.5, 0.6) is 28.7 Å². The zero-order valence-electron chi connectivity index (χ0n) is 83.2. The van der Waals surface area contributed by atoms with E-state index in [2.05, 4.69) is 108 Å². The van der Waals surface area contributed by atoms with E-state index in [0.29, 0.717) is 144 Å². The third-order valence-electron chi connectivity index (χ3n) is 19.8. The number of aromatic nitrogens is 4. The van der Waals surface area contributed by atoms with Crippen LogP contribution in [0.25, 0.3) is 52.6 Å². The maximum atomic E-state index is 13.6. The molecule has 3 aliphatic rings. The fourth-order valence-electron chi connectivity index (χ4n) is 13.7. The lowest BCUT2D eigenvalue weighted by Gasteiger charge is -2.23. The number of nitrogens with two attached hydrogens (primary N) is 4. The Labute approximate surface area is 904 Å². The number of methoxy groups -OCH3 is 5. The van der Waals surface area contributed by atoms with Gasteiger partial charge >= 0.3 is 11.5 Å². The summed E-state index contributed by atoms with van der Waals surface area (Å²) in [6, 6.07) is 42.8. The fraction of sp³-hybridized carbons (Fsp3) is 0.350. The lowest BCUT2D eigenvalue weighted by molar-refractivity contribution is -0.117. The summed E-state index contributed by atoms with van der Waals surface area (Å²) in [5.41, 5.74) is 30.2. The lowest BCUT2D eigenvalue weighted by Crippen LogP contribution is -2.40. The van der Waals surface area contributed by atoms with Gasteiger partial charge in [-0.3, -0.25) is 19.7 Å².